The summed E-state index contributed by atoms with van der Waals surface area (Å²) in [6, 6.07) is 12.9. The van der Waals surface area contributed by atoms with Crippen molar-refractivity contribution in [3.8, 4) is 11.5 Å². The number of halogens is 1. The third kappa shape index (κ3) is 3.97. The van der Waals surface area contributed by atoms with Crippen LogP contribution in [0.15, 0.2) is 48.7 Å². The van der Waals surface area contributed by atoms with Crippen molar-refractivity contribution in [2.24, 2.45) is 0 Å². The molecule has 2 N–H and O–H groups in total. The van der Waals surface area contributed by atoms with E-state index in [4.69, 9.17) is 21.1 Å². The van der Waals surface area contributed by atoms with E-state index in [9.17, 15) is 0 Å². The summed E-state index contributed by atoms with van der Waals surface area (Å²) in [5.41, 5.74) is 2.56. The van der Waals surface area contributed by atoms with E-state index in [1.165, 1.54) is 0 Å². The second-order valence-electron chi connectivity index (χ2n) is 5.49. The van der Waals surface area contributed by atoms with E-state index in [1.807, 2.05) is 43.3 Å². The van der Waals surface area contributed by atoms with Crippen molar-refractivity contribution in [1.29, 1.82) is 0 Å². The molecule has 6 nitrogen and oxygen atoms in total. The number of aromatic nitrogens is 2. The van der Waals surface area contributed by atoms with Crippen LogP contribution in [0, 0.1) is 6.92 Å². The van der Waals surface area contributed by atoms with Crippen LogP contribution in [0.3, 0.4) is 0 Å². The molecule has 0 fully saturated rings. The first-order valence-corrected chi connectivity index (χ1v) is 8.32. The van der Waals surface area contributed by atoms with E-state index in [2.05, 4.69) is 20.6 Å². The minimum absolute atomic E-state index is 0.432. The van der Waals surface area contributed by atoms with Gasteiger partial charge in [-0.15, -0.1) is 0 Å². The molecular formula is C19H19ClN4O2. The molecule has 26 heavy (non-hydrogen) atoms. The van der Waals surface area contributed by atoms with E-state index in [1.54, 1.807) is 26.5 Å². The van der Waals surface area contributed by atoms with Crippen LogP contribution in [-0.2, 0) is 0 Å². The molecule has 0 aliphatic carbocycles. The molecule has 0 radical (unpaired) electrons. The summed E-state index contributed by atoms with van der Waals surface area (Å²) < 4.78 is 10.6. The third-order valence-electron chi connectivity index (χ3n) is 3.84. The normalized spacial score (nSPS) is 10.3. The second kappa shape index (κ2) is 7.93. The maximum atomic E-state index is 6.17. The van der Waals surface area contributed by atoms with Crippen LogP contribution in [0.4, 0.5) is 23.1 Å². The van der Waals surface area contributed by atoms with Crippen molar-refractivity contribution in [1.82, 2.24) is 9.97 Å². The predicted molar refractivity (Wildman–Crippen MR) is 104 cm³/mol. The number of benzene rings is 2. The number of anilines is 4. The first-order valence-electron chi connectivity index (χ1n) is 7.95. The van der Waals surface area contributed by atoms with Crippen LogP contribution < -0.4 is 20.1 Å². The molecule has 0 saturated heterocycles. The topological polar surface area (TPSA) is 68.3 Å². The Labute approximate surface area is 157 Å². The fraction of sp³-hybridized carbons (Fsp3) is 0.158. The quantitative estimate of drug-likeness (QED) is 0.640. The van der Waals surface area contributed by atoms with Gasteiger partial charge in [0, 0.05) is 23.0 Å². The highest BCUT2D eigenvalue weighted by Crippen LogP contribution is 2.31. The number of nitrogens with one attached hydrogen (secondary N) is 2. The lowest BCUT2D eigenvalue weighted by Crippen LogP contribution is -2.02. The maximum Gasteiger partial charge on any atom is 0.229 e. The zero-order valence-electron chi connectivity index (χ0n) is 14.7. The van der Waals surface area contributed by atoms with Gasteiger partial charge in [0.25, 0.3) is 0 Å². The van der Waals surface area contributed by atoms with Crippen molar-refractivity contribution in [3.63, 3.8) is 0 Å². The first kappa shape index (κ1) is 17.8. The maximum absolute atomic E-state index is 6.17. The number of ether oxygens (including phenoxy) is 2. The van der Waals surface area contributed by atoms with Gasteiger partial charge in [-0.25, -0.2) is 4.98 Å². The molecule has 0 spiro atoms. The van der Waals surface area contributed by atoms with Gasteiger partial charge in [-0.2, -0.15) is 4.98 Å². The van der Waals surface area contributed by atoms with Gasteiger partial charge in [0.15, 0.2) is 0 Å². The number of nitrogens with zero attached hydrogens (tertiary/aromatic N) is 2. The van der Waals surface area contributed by atoms with Gasteiger partial charge in [0.05, 0.1) is 19.9 Å². The average Bonchev–Trinajstić information content (AvgIpc) is 2.66. The molecule has 3 rings (SSSR count). The molecule has 0 amide bonds. The first-order chi connectivity index (χ1) is 12.6. The molecule has 0 unspecified atom stereocenters. The molecule has 3 aromatic rings. The Hall–Kier alpha value is -2.99. The van der Waals surface area contributed by atoms with E-state index >= 15 is 0 Å². The number of hydrogen-bond donors (Lipinski definition) is 2. The summed E-state index contributed by atoms with van der Waals surface area (Å²) >= 11 is 6.17. The Kier molecular flexibility index (Phi) is 5.43. The largest absolute Gasteiger partial charge is 0.497 e. The van der Waals surface area contributed by atoms with Crippen molar-refractivity contribution in [2.45, 2.75) is 6.92 Å². The molecule has 7 heteroatoms. The van der Waals surface area contributed by atoms with E-state index in [0.29, 0.717) is 34.0 Å². The molecule has 0 atom stereocenters. The summed E-state index contributed by atoms with van der Waals surface area (Å²) in [6.07, 6.45) is 1.67. The summed E-state index contributed by atoms with van der Waals surface area (Å²) in [7, 11) is 3.22. The Morgan fingerprint density at radius 2 is 1.81 bits per heavy atom. The lowest BCUT2D eigenvalue weighted by molar-refractivity contribution is 0.405. The minimum Gasteiger partial charge on any atom is -0.497 e. The average molecular weight is 371 g/mol. The van der Waals surface area contributed by atoms with Crippen LogP contribution in [-0.4, -0.2) is 24.2 Å². The van der Waals surface area contributed by atoms with Crippen molar-refractivity contribution >= 4 is 34.7 Å². The molecule has 0 saturated carbocycles. The van der Waals surface area contributed by atoms with Crippen LogP contribution >= 0.6 is 11.6 Å². The zero-order chi connectivity index (χ0) is 18.5. The van der Waals surface area contributed by atoms with Crippen LogP contribution in [0.2, 0.25) is 5.02 Å². The third-order valence-corrected chi connectivity index (χ3v) is 4.25. The van der Waals surface area contributed by atoms with Gasteiger partial charge < -0.3 is 20.1 Å². The minimum atomic E-state index is 0.432. The van der Waals surface area contributed by atoms with E-state index < -0.39 is 0 Å². The van der Waals surface area contributed by atoms with Gasteiger partial charge in [0.2, 0.25) is 5.95 Å². The highest BCUT2D eigenvalue weighted by Gasteiger charge is 2.08. The van der Waals surface area contributed by atoms with Crippen molar-refractivity contribution < 1.29 is 9.47 Å². The highest BCUT2D eigenvalue weighted by molar-refractivity contribution is 6.31. The van der Waals surface area contributed by atoms with Crippen LogP contribution in [0.1, 0.15) is 5.56 Å². The van der Waals surface area contributed by atoms with Crippen LogP contribution in [0.25, 0.3) is 0 Å². The summed E-state index contributed by atoms with van der Waals surface area (Å²) in [6.45, 7) is 1.95. The van der Waals surface area contributed by atoms with Gasteiger partial charge in [-0.3, -0.25) is 0 Å². The number of rotatable bonds is 6. The van der Waals surface area contributed by atoms with Gasteiger partial charge in [-0.1, -0.05) is 17.7 Å². The number of hydrogen-bond acceptors (Lipinski definition) is 6. The van der Waals surface area contributed by atoms with E-state index in [-0.39, 0.29) is 0 Å². The summed E-state index contributed by atoms with van der Waals surface area (Å²) in [5.74, 6) is 2.45. The molecule has 2 aromatic carbocycles. The fourth-order valence-corrected chi connectivity index (χ4v) is 2.58. The Morgan fingerprint density at radius 3 is 2.58 bits per heavy atom. The zero-order valence-corrected chi connectivity index (χ0v) is 15.5. The van der Waals surface area contributed by atoms with Gasteiger partial charge in [0.1, 0.15) is 17.3 Å². The van der Waals surface area contributed by atoms with Crippen molar-refractivity contribution in [3.05, 3.63) is 59.2 Å². The summed E-state index contributed by atoms with van der Waals surface area (Å²) in [4.78, 5) is 8.75. The molecule has 0 bridgehead atoms. The van der Waals surface area contributed by atoms with Gasteiger partial charge in [-0.05, 0) is 42.8 Å². The SMILES string of the molecule is COc1ccc(OC)c(Nc2nccc(Nc3cccc(Cl)c3C)n2)c1. The molecule has 0 aliphatic heterocycles. The smallest absolute Gasteiger partial charge is 0.229 e. The second-order valence-corrected chi connectivity index (χ2v) is 5.90. The lowest BCUT2D eigenvalue weighted by atomic mass is 10.2. The molecule has 134 valence electrons. The molecule has 1 aromatic heterocycles. The lowest BCUT2D eigenvalue weighted by Gasteiger charge is -2.13. The van der Waals surface area contributed by atoms with Crippen molar-refractivity contribution in [2.75, 3.05) is 24.9 Å². The van der Waals surface area contributed by atoms with Gasteiger partial charge >= 0.3 is 0 Å². The monoisotopic (exact) mass is 370 g/mol. The molecule has 0 aliphatic rings. The predicted octanol–water partition coefficient (Wildman–Crippen LogP) is 4.94. The fourth-order valence-electron chi connectivity index (χ4n) is 2.40. The molecular weight excluding hydrogens is 352 g/mol. The Morgan fingerprint density at radius 1 is 0.962 bits per heavy atom. The molecule has 1 heterocycles. The standard InChI is InChI=1S/C19H19ClN4O2/c1-12-14(20)5-4-6-15(12)22-18-9-10-21-19(24-18)23-16-11-13(25-2)7-8-17(16)26-3/h4-11H,1-3H3,(H2,21,22,23,24). The summed E-state index contributed by atoms with van der Waals surface area (Å²) in [5, 5.41) is 7.11. The number of methoxy groups -OCH3 is 2. The Balaban J connectivity index is 1.85. The highest BCUT2D eigenvalue weighted by atomic mass is 35.5. The Bertz CT molecular complexity index is 918. The van der Waals surface area contributed by atoms with Crippen LogP contribution in [0.5, 0.6) is 11.5 Å². The van der Waals surface area contributed by atoms with E-state index in [0.717, 1.165) is 11.3 Å².